The second-order valence-electron chi connectivity index (χ2n) is 16.1. The van der Waals surface area contributed by atoms with Gasteiger partial charge in [0, 0.05) is 53.9 Å². The van der Waals surface area contributed by atoms with Gasteiger partial charge in [0.25, 0.3) is 0 Å². The zero-order valence-corrected chi connectivity index (χ0v) is 35.8. The lowest BCUT2D eigenvalue weighted by Gasteiger charge is -2.17. The Morgan fingerprint density at radius 2 is 0.386 bits per heavy atom. The van der Waals surface area contributed by atoms with Crippen LogP contribution in [0.3, 0.4) is 0 Å². The molecule has 70 heavy (non-hydrogen) atoms. The molecule has 340 valence electrons. The molecule has 0 aliphatic carbocycles. The highest BCUT2D eigenvalue weighted by atomic mass is 16.5. The molecule has 0 radical (unpaired) electrons. The van der Waals surface area contributed by atoms with Crippen molar-refractivity contribution in [2.75, 3.05) is 0 Å². The number of rotatable bonds is 15. The summed E-state index contributed by atoms with van der Waals surface area (Å²) in [5.41, 5.74) is 0.212. The smallest absolute Gasteiger partial charge is 0.335 e. The second-order valence-corrected chi connectivity index (χ2v) is 16.1. The van der Waals surface area contributed by atoms with Gasteiger partial charge in [-0.25, -0.2) is 24.0 Å². The van der Waals surface area contributed by atoms with Gasteiger partial charge in [0.1, 0.15) is 57.5 Å². The average Bonchev–Trinajstić information content (AvgIpc) is 3.71. The van der Waals surface area contributed by atoms with Crippen LogP contribution in [-0.4, -0.2) is 55.4 Å². The monoisotopic (exact) mass is 930 g/mol. The van der Waals surface area contributed by atoms with Crippen LogP contribution in [0.2, 0.25) is 0 Å². The van der Waals surface area contributed by atoms with Crippen LogP contribution in [0.4, 0.5) is 0 Å². The van der Waals surface area contributed by atoms with Crippen molar-refractivity contribution in [2.24, 2.45) is 0 Å². The third kappa shape index (κ3) is 7.32. The molecule has 11 rings (SSSR count). The molecule has 0 heterocycles. The van der Waals surface area contributed by atoms with E-state index in [9.17, 15) is 49.5 Å². The molecule has 0 aromatic heterocycles. The van der Waals surface area contributed by atoms with Gasteiger partial charge in [-0.1, -0.05) is 0 Å². The van der Waals surface area contributed by atoms with Crippen molar-refractivity contribution >= 4 is 83.7 Å². The fraction of sp³-hybridized carbons (Fsp3) is 0. The van der Waals surface area contributed by atoms with E-state index in [1.165, 1.54) is 121 Å². The van der Waals surface area contributed by atoms with Gasteiger partial charge in [-0.3, -0.25) is 0 Å². The lowest BCUT2D eigenvalue weighted by molar-refractivity contribution is 0.0686. The zero-order valence-electron chi connectivity index (χ0n) is 35.8. The molecule has 0 saturated heterocycles. The third-order valence-electron chi connectivity index (χ3n) is 11.9. The Hall–Kier alpha value is -10.2. The Labute approximate surface area is 392 Å². The van der Waals surface area contributed by atoms with Crippen LogP contribution in [-0.2, 0) is 0 Å². The molecule has 0 unspecified atom stereocenters. The van der Waals surface area contributed by atoms with E-state index in [0.717, 1.165) is 0 Å². The number of benzene rings is 10. The molecular formula is C55H30O15. The molecule has 11 aromatic rings. The summed E-state index contributed by atoms with van der Waals surface area (Å²) in [5.74, 6) is -2.58. The third-order valence-corrected chi connectivity index (χ3v) is 11.9. The van der Waals surface area contributed by atoms with E-state index < -0.39 is 29.8 Å². The first-order valence-electron chi connectivity index (χ1n) is 21.2. The average molecular weight is 931 g/mol. The van der Waals surface area contributed by atoms with Crippen LogP contribution < -0.4 is 23.7 Å². The van der Waals surface area contributed by atoms with Gasteiger partial charge >= 0.3 is 29.8 Å². The number of aromatic carboxylic acids is 5. The van der Waals surface area contributed by atoms with E-state index in [1.807, 2.05) is 0 Å². The maximum absolute atomic E-state index is 11.8. The molecule has 15 nitrogen and oxygen atoms in total. The summed E-state index contributed by atoms with van der Waals surface area (Å²) in [5, 5.41) is 54.4. The van der Waals surface area contributed by atoms with E-state index in [4.69, 9.17) is 23.7 Å². The van der Waals surface area contributed by atoms with Gasteiger partial charge in [0.15, 0.2) is 0 Å². The van der Waals surface area contributed by atoms with Crippen molar-refractivity contribution in [3.63, 3.8) is 0 Å². The Morgan fingerprint density at radius 3 is 0.514 bits per heavy atom. The Kier molecular flexibility index (Phi) is 9.91. The molecule has 0 aliphatic rings. The van der Waals surface area contributed by atoms with Crippen LogP contribution >= 0.6 is 0 Å². The predicted octanol–water partition coefficient (Wildman–Crippen LogP) is 13.2. The van der Waals surface area contributed by atoms with E-state index in [1.54, 1.807) is 30.3 Å². The second kappa shape index (κ2) is 16.3. The van der Waals surface area contributed by atoms with Crippen LogP contribution in [0.1, 0.15) is 51.8 Å². The SMILES string of the molecule is O=C(O)c1ccc(Oc2cc3c(Oc4ccc(C(=O)O)cc4)cc4c(Oc5ccc(C(=O)O)cc5)cc5c(Oc6ccc(C(=O)O)cc6)cc6c(Oc7ccc(C(=O)O)cc7)cc2c2c6c5c4c32)cc1. The highest BCUT2D eigenvalue weighted by molar-refractivity contribution is 6.47. The Morgan fingerprint density at radius 1 is 0.243 bits per heavy atom. The molecule has 5 N–H and O–H groups in total. The van der Waals surface area contributed by atoms with Crippen LogP contribution in [0.5, 0.6) is 57.5 Å². The lowest BCUT2D eigenvalue weighted by atomic mass is 9.97. The molecule has 0 atom stereocenters. The number of carboxylic acids is 5. The van der Waals surface area contributed by atoms with E-state index in [0.29, 0.717) is 111 Å². The number of ether oxygens (including phenoxy) is 5. The Bertz CT molecular complexity index is 3280. The van der Waals surface area contributed by atoms with Crippen molar-refractivity contribution in [1.82, 2.24) is 0 Å². The van der Waals surface area contributed by atoms with Crippen molar-refractivity contribution in [1.29, 1.82) is 0 Å². The quantitative estimate of drug-likeness (QED) is 0.0602. The summed E-state index contributed by atoms with van der Waals surface area (Å²) in [6, 6.07) is 38.3. The Balaban J connectivity index is 1.23. The summed E-state index contributed by atoms with van der Waals surface area (Å²) >= 11 is 0. The molecule has 0 fully saturated rings. The van der Waals surface area contributed by atoms with Crippen molar-refractivity contribution in [2.45, 2.75) is 0 Å². The minimum absolute atomic E-state index is 0.0424. The van der Waals surface area contributed by atoms with E-state index in [-0.39, 0.29) is 27.8 Å². The predicted molar refractivity (Wildman–Crippen MR) is 255 cm³/mol. The van der Waals surface area contributed by atoms with Crippen LogP contribution in [0.25, 0.3) is 53.9 Å². The number of carboxylic acid groups (broad SMARTS) is 5. The minimum atomic E-state index is -1.12. The first-order valence-corrected chi connectivity index (χ1v) is 21.2. The van der Waals surface area contributed by atoms with Crippen LogP contribution in [0.15, 0.2) is 152 Å². The summed E-state index contributed by atoms with van der Waals surface area (Å²) in [6.45, 7) is 0. The maximum atomic E-state index is 11.8. The summed E-state index contributed by atoms with van der Waals surface area (Å²) in [4.78, 5) is 59.0. The van der Waals surface area contributed by atoms with E-state index >= 15 is 0 Å². The molecule has 0 amide bonds. The highest BCUT2D eigenvalue weighted by Gasteiger charge is 2.31. The van der Waals surface area contributed by atoms with E-state index in [2.05, 4.69) is 0 Å². The molecular weight excluding hydrogens is 901 g/mol. The van der Waals surface area contributed by atoms with Gasteiger partial charge in [-0.2, -0.15) is 0 Å². The number of hydrogen-bond donors (Lipinski definition) is 5. The van der Waals surface area contributed by atoms with Gasteiger partial charge in [-0.15, -0.1) is 0 Å². The fourth-order valence-electron chi connectivity index (χ4n) is 8.73. The van der Waals surface area contributed by atoms with Crippen LogP contribution in [0, 0.1) is 0 Å². The normalized spacial score (nSPS) is 11.4. The minimum Gasteiger partial charge on any atom is -0.478 e. The van der Waals surface area contributed by atoms with Crippen molar-refractivity contribution in [3.8, 4) is 57.5 Å². The molecule has 0 spiro atoms. The highest BCUT2D eigenvalue weighted by Crippen LogP contribution is 2.59. The molecule has 0 bridgehead atoms. The van der Waals surface area contributed by atoms with Crippen molar-refractivity contribution < 1.29 is 73.2 Å². The fourth-order valence-corrected chi connectivity index (χ4v) is 8.73. The summed E-state index contributed by atoms with van der Waals surface area (Å²) in [6.07, 6.45) is 0. The molecule has 0 saturated carbocycles. The van der Waals surface area contributed by atoms with Gasteiger partial charge in [0.05, 0.1) is 27.8 Å². The standard InChI is InChI=1S/C55H30O15/c56-51(57)26-1-11-31(12-2-26)66-41-21-37-43(68-33-15-5-28(6-16-33)53(60)61)23-39-45(70-35-19-9-30(10-20-35)55(64)65)25-40-44(69-34-17-7-29(8-18-34)54(62)63)24-38-42(67-32-13-3-27(4-14-32)52(58)59)22-36(41)46-47(37)49(39)50(40)48(38)46/h1-25H,(H,56,57)(H,58,59)(H,60,61)(H,62,63)(H,64,65). The molecule has 0 aliphatic heterocycles. The largest absolute Gasteiger partial charge is 0.478 e. The summed E-state index contributed by atoms with van der Waals surface area (Å²) in [7, 11) is 0. The summed E-state index contributed by atoms with van der Waals surface area (Å²) < 4.78 is 33.2. The zero-order chi connectivity index (χ0) is 48.5. The lowest BCUT2D eigenvalue weighted by Crippen LogP contribution is -1.96. The van der Waals surface area contributed by atoms with Crippen molar-refractivity contribution in [3.05, 3.63) is 179 Å². The number of hydrogen-bond acceptors (Lipinski definition) is 10. The first-order chi connectivity index (χ1) is 33.8. The maximum Gasteiger partial charge on any atom is 0.335 e. The van der Waals surface area contributed by atoms with Gasteiger partial charge in [0.2, 0.25) is 0 Å². The number of carbonyl (C=O) groups is 5. The molecule has 15 heteroatoms. The molecule has 11 aromatic carbocycles. The first kappa shape index (κ1) is 42.5. The van der Waals surface area contributed by atoms with Gasteiger partial charge in [-0.05, 0) is 152 Å². The van der Waals surface area contributed by atoms with Gasteiger partial charge < -0.3 is 49.2 Å². The topological polar surface area (TPSA) is 233 Å².